The molecule has 0 aliphatic carbocycles. The highest BCUT2D eigenvalue weighted by Gasteiger charge is 2.21. The summed E-state index contributed by atoms with van der Waals surface area (Å²) in [6.07, 6.45) is 0. The van der Waals surface area contributed by atoms with E-state index < -0.39 is 0 Å². The van der Waals surface area contributed by atoms with Crippen LogP contribution in [-0.4, -0.2) is 0 Å². The second-order valence-electron chi connectivity index (χ2n) is 11.0. The lowest BCUT2D eigenvalue weighted by Crippen LogP contribution is -2.10. The molecule has 0 radical (unpaired) electrons. The minimum absolute atomic E-state index is 0.0689. The highest BCUT2D eigenvalue weighted by molar-refractivity contribution is 7.26. The smallest absolute Gasteiger partial charge is 0.0434 e. The molecule has 178 valence electrons. The van der Waals surface area contributed by atoms with Gasteiger partial charge in [0.1, 0.15) is 0 Å². The van der Waals surface area contributed by atoms with Gasteiger partial charge in [0.25, 0.3) is 0 Å². The van der Waals surface area contributed by atoms with E-state index in [-0.39, 0.29) is 5.41 Å². The summed E-state index contributed by atoms with van der Waals surface area (Å²) in [5.74, 6) is 0. The molecule has 7 aromatic rings. The first-order valence-electron chi connectivity index (χ1n) is 13.0. The molecule has 0 bridgehead atoms. The molecule has 0 N–H and O–H groups in total. The van der Waals surface area contributed by atoms with Crippen molar-refractivity contribution in [2.45, 2.75) is 26.2 Å². The summed E-state index contributed by atoms with van der Waals surface area (Å²) >= 11 is 1.91. The minimum Gasteiger partial charge on any atom is -0.135 e. The summed E-state index contributed by atoms with van der Waals surface area (Å²) in [4.78, 5) is 0. The molecule has 0 saturated heterocycles. The Morgan fingerprint density at radius 1 is 0.486 bits per heavy atom. The number of thiophene rings is 1. The fourth-order valence-electron chi connectivity index (χ4n) is 5.79. The van der Waals surface area contributed by atoms with Crippen LogP contribution in [0.2, 0.25) is 0 Å². The molecule has 0 fully saturated rings. The first-order chi connectivity index (χ1) is 18.0. The van der Waals surface area contributed by atoms with E-state index in [0.29, 0.717) is 0 Å². The van der Waals surface area contributed by atoms with Gasteiger partial charge in [-0.3, -0.25) is 0 Å². The van der Waals surface area contributed by atoms with Crippen LogP contribution in [0.1, 0.15) is 26.3 Å². The van der Waals surface area contributed by atoms with Gasteiger partial charge in [0, 0.05) is 25.7 Å². The van der Waals surface area contributed by atoms with Crippen LogP contribution in [0.5, 0.6) is 0 Å². The van der Waals surface area contributed by atoms with Crippen molar-refractivity contribution in [1.29, 1.82) is 0 Å². The zero-order valence-corrected chi connectivity index (χ0v) is 22.2. The molecule has 0 aliphatic rings. The van der Waals surface area contributed by atoms with Gasteiger partial charge in [-0.1, -0.05) is 124 Å². The monoisotopic (exact) mass is 492 g/mol. The first-order valence-corrected chi connectivity index (χ1v) is 13.8. The van der Waals surface area contributed by atoms with Crippen LogP contribution in [0.3, 0.4) is 0 Å². The second kappa shape index (κ2) is 8.30. The van der Waals surface area contributed by atoms with Crippen LogP contribution in [0.25, 0.3) is 64.0 Å². The molecule has 0 nitrogen and oxygen atoms in total. The molecule has 0 saturated carbocycles. The van der Waals surface area contributed by atoms with Crippen LogP contribution >= 0.6 is 11.3 Å². The van der Waals surface area contributed by atoms with E-state index in [9.17, 15) is 0 Å². The van der Waals surface area contributed by atoms with Crippen molar-refractivity contribution in [3.8, 4) is 22.3 Å². The van der Waals surface area contributed by atoms with Gasteiger partial charge in [-0.15, -0.1) is 11.3 Å². The number of fused-ring (bicyclic) bond motifs is 5. The molecule has 0 spiro atoms. The van der Waals surface area contributed by atoms with Gasteiger partial charge in [0.15, 0.2) is 0 Å². The second-order valence-corrected chi connectivity index (χ2v) is 12.0. The van der Waals surface area contributed by atoms with Gasteiger partial charge in [0.2, 0.25) is 0 Å². The zero-order chi connectivity index (χ0) is 25.1. The highest BCUT2D eigenvalue weighted by Crippen LogP contribution is 2.48. The third kappa shape index (κ3) is 3.49. The van der Waals surface area contributed by atoms with Gasteiger partial charge in [-0.2, -0.15) is 0 Å². The Hall–Kier alpha value is -3.94. The fourth-order valence-corrected chi connectivity index (χ4v) is 7.02. The molecule has 1 heterocycles. The van der Waals surface area contributed by atoms with Crippen molar-refractivity contribution in [2.24, 2.45) is 0 Å². The van der Waals surface area contributed by atoms with Gasteiger partial charge in [0.05, 0.1) is 0 Å². The summed E-state index contributed by atoms with van der Waals surface area (Å²) in [6.45, 7) is 6.91. The topological polar surface area (TPSA) is 0 Å². The van der Waals surface area contributed by atoms with E-state index in [0.717, 1.165) is 0 Å². The summed E-state index contributed by atoms with van der Waals surface area (Å²) in [5.41, 5.74) is 6.68. The molecule has 1 heteroatoms. The first kappa shape index (κ1) is 22.3. The Morgan fingerprint density at radius 3 is 1.86 bits per heavy atom. The third-order valence-electron chi connectivity index (χ3n) is 7.63. The Morgan fingerprint density at radius 2 is 1.11 bits per heavy atom. The van der Waals surface area contributed by atoms with Gasteiger partial charge < -0.3 is 0 Å². The van der Waals surface area contributed by atoms with Crippen molar-refractivity contribution < 1.29 is 0 Å². The van der Waals surface area contributed by atoms with Crippen LogP contribution in [0, 0.1) is 0 Å². The summed E-state index contributed by atoms with van der Waals surface area (Å²) in [6, 6.07) is 42.6. The predicted octanol–water partition coefficient (Wildman–Crippen LogP) is 11.0. The summed E-state index contributed by atoms with van der Waals surface area (Å²) < 4.78 is 2.71. The van der Waals surface area contributed by atoms with Crippen molar-refractivity contribution >= 4 is 53.1 Å². The van der Waals surface area contributed by atoms with E-state index >= 15 is 0 Å². The maximum absolute atomic E-state index is 2.44. The minimum atomic E-state index is 0.0689. The van der Waals surface area contributed by atoms with Gasteiger partial charge in [-0.05, 0) is 61.3 Å². The molecule has 7 rings (SSSR count). The molecule has 0 atom stereocenters. The highest BCUT2D eigenvalue weighted by atomic mass is 32.1. The fraction of sp³-hybridized carbons (Fsp3) is 0.111. The van der Waals surface area contributed by atoms with E-state index in [4.69, 9.17) is 0 Å². The molecule has 0 unspecified atom stereocenters. The number of hydrogen-bond donors (Lipinski definition) is 0. The van der Waals surface area contributed by atoms with Crippen molar-refractivity contribution in [2.75, 3.05) is 0 Å². The Labute approximate surface area is 221 Å². The van der Waals surface area contributed by atoms with Crippen LogP contribution in [0.4, 0.5) is 0 Å². The number of hydrogen-bond acceptors (Lipinski definition) is 1. The maximum Gasteiger partial charge on any atom is 0.0434 e. The summed E-state index contributed by atoms with van der Waals surface area (Å²) in [7, 11) is 0. The quantitative estimate of drug-likeness (QED) is 0.211. The lowest BCUT2D eigenvalue weighted by atomic mass is 9.81. The van der Waals surface area contributed by atoms with Crippen LogP contribution < -0.4 is 0 Å². The Balaban J connectivity index is 1.69. The number of benzene rings is 6. The van der Waals surface area contributed by atoms with E-state index in [2.05, 4.69) is 136 Å². The van der Waals surface area contributed by atoms with E-state index in [1.807, 2.05) is 11.3 Å². The number of rotatable bonds is 2. The average molecular weight is 493 g/mol. The summed E-state index contributed by atoms with van der Waals surface area (Å²) in [5, 5.41) is 7.94. The Kier molecular flexibility index (Phi) is 4.99. The lowest BCUT2D eigenvalue weighted by Gasteiger charge is -2.23. The molecular formula is C36H28S. The van der Waals surface area contributed by atoms with Gasteiger partial charge >= 0.3 is 0 Å². The molecule has 0 amide bonds. The normalized spacial score (nSPS) is 12.2. The van der Waals surface area contributed by atoms with Crippen molar-refractivity contribution in [3.63, 3.8) is 0 Å². The average Bonchev–Trinajstić information content (AvgIpc) is 3.30. The van der Waals surface area contributed by atoms with Crippen LogP contribution in [-0.2, 0) is 5.41 Å². The molecule has 1 aromatic heterocycles. The zero-order valence-electron chi connectivity index (χ0n) is 21.4. The predicted molar refractivity (Wildman–Crippen MR) is 164 cm³/mol. The van der Waals surface area contributed by atoms with Crippen molar-refractivity contribution in [3.05, 3.63) is 121 Å². The van der Waals surface area contributed by atoms with Crippen LogP contribution in [0.15, 0.2) is 115 Å². The largest absolute Gasteiger partial charge is 0.135 e. The maximum atomic E-state index is 2.44. The molecule has 6 aromatic carbocycles. The third-order valence-corrected chi connectivity index (χ3v) is 8.85. The van der Waals surface area contributed by atoms with E-state index in [1.165, 1.54) is 69.5 Å². The molecule has 37 heavy (non-hydrogen) atoms. The lowest BCUT2D eigenvalue weighted by molar-refractivity contribution is 0.591. The van der Waals surface area contributed by atoms with Crippen molar-refractivity contribution in [1.82, 2.24) is 0 Å². The standard InChI is InChI=1S/C36H28S/c1-36(2,3)24-20-21-28-31(22-24)33(23-12-5-4-6-13-23)26-15-7-8-16-27(26)34(28)30-18-11-17-29-25-14-9-10-19-32(25)37-35(29)30/h4-22H,1-3H3. The van der Waals surface area contributed by atoms with Gasteiger partial charge in [-0.25, -0.2) is 0 Å². The van der Waals surface area contributed by atoms with E-state index in [1.54, 1.807) is 0 Å². The Bertz CT molecular complexity index is 1950. The molecule has 0 aliphatic heterocycles. The molecular weight excluding hydrogens is 464 g/mol. The SMILES string of the molecule is CC(C)(C)c1ccc2c(-c3cccc4c3sc3ccccc34)c3ccccc3c(-c3ccccc3)c2c1.